The van der Waals surface area contributed by atoms with Crippen molar-refractivity contribution in [3.63, 3.8) is 0 Å². The van der Waals surface area contributed by atoms with E-state index in [4.69, 9.17) is 16.3 Å². The molecule has 1 aliphatic rings. The van der Waals surface area contributed by atoms with Crippen LogP contribution in [0.25, 0.3) is 0 Å². The molecule has 1 fully saturated rings. The maximum absolute atomic E-state index is 12.9. The van der Waals surface area contributed by atoms with Crippen LogP contribution in [0.3, 0.4) is 0 Å². The summed E-state index contributed by atoms with van der Waals surface area (Å²) < 4.78 is 4.78. The van der Waals surface area contributed by atoms with Crippen molar-refractivity contribution in [1.82, 2.24) is 4.90 Å². The van der Waals surface area contributed by atoms with Crippen LogP contribution >= 0.6 is 11.6 Å². The van der Waals surface area contributed by atoms with E-state index in [0.29, 0.717) is 17.1 Å². The molecule has 0 spiro atoms. The summed E-state index contributed by atoms with van der Waals surface area (Å²) in [5.74, 6) is -0.750. The summed E-state index contributed by atoms with van der Waals surface area (Å²) in [6.07, 6.45) is 4.18. The van der Waals surface area contributed by atoms with E-state index in [9.17, 15) is 9.59 Å². The highest BCUT2D eigenvalue weighted by Crippen LogP contribution is 2.27. The Kier molecular flexibility index (Phi) is 5.83. The lowest BCUT2D eigenvalue weighted by molar-refractivity contribution is -0.145. The third-order valence-electron chi connectivity index (χ3n) is 4.20. The molecule has 0 bridgehead atoms. The number of hydrogen-bond donors (Lipinski definition) is 0. The fourth-order valence-electron chi connectivity index (χ4n) is 2.97. The van der Waals surface area contributed by atoms with Crippen LogP contribution in [-0.4, -0.2) is 36.5 Å². The fraction of sp³-hybridized carbons (Fsp3) is 0.529. The number of carbonyl (C=O) groups excluding carboxylic acids is 2. The Balaban J connectivity index is 2.22. The van der Waals surface area contributed by atoms with Gasteiger partial charge in [-0.3, -0.25) is 9.59 Å². The highest BCUT2D eigenvalue weighted by molar-refractivity contribution is 6.33. The largest absolute Gasteiger partial charge is 0.469 e. The maximum atomic E-state index is 12.9. The molecule has 1 atom stereocenters. The predicted molar refractivity (Wildman–Crippen MR) is 85.9 cm³/mol. The summed E-state index contributed by atoms with van der Waals surface area (Å²) in [6.45, 7) is 2.15. The lowest BCUT2D eigenvalue weighted by Gasteiger charge is -2.31. The van der Waals surface area contributed by atoms with Gasteiger partial charge in [0.2, 0.25) is 0 Å². The van der Waals surface area contributed by atoms with Crippen LogP contribution in [0.5, 0.6) is 0 Å². The minimum Gasteiger partial charge on any atom is -0.469 e. The van der Waals surface area contributed by atoms with Crippen LogP contribution in [-0.2, 0) is 9.53 Å². The van der Waals surface area contributed by atoms with Crippen LogP contribution < -0.4 is 0 Å². The summed E-state index contributed by atoms with van der Waals surface area (Å²) in [5, 5.41) is 0.446. The molecule has 22 heavy (non-hydrogen) atoms. The van der Waals surface area contributed by atoms with Crippen molar-refractivity contribution in [2.45, 2.75) is 38.6 Å². The number of methoxy groups -OCH3 is 1. The first-order chi connectivity index (χ1) is 10.5. The second kappa shape index (κ2) is 7.63. The summed E-state index contributed by atoms with van der Waals surface area (Å²) in [4.78, 5) is 26.4. The first-order valence-electron chi connectivity index (χ1n) is 7.68. The molecule has 0 heterocycles. The molecule has 0 saturated heterocycles. The van der Waals surface area contributed by atoms with Crippen LogP contribution in [0, 0.1) is 5.92 Å². The van der Waals surface area contributed by atoms with Gasteiger partial charge in [-0.1, -0.05) is 43.5 Å². The van der Waals surface area contributed by atoms with Gasteiger partial charge in [-0.05, 0) is 25.0 Å². The van der Waals surface area contributed by atoms with Crippen LogP contribution in [0.1, 0.15) is 43.0 Å². The van der Waals surface area contributed by atoms with Crippen molar-refractivity contribution < 1.29 is 14.3 Å². The number of benzene rings is 1. The molecule has 1 amide bonds. The number of esters is 1. The Labute approximate surface area is 136 Å². The van der Waals surface area contributed by atoms with E-state index in [1.54, 1.807) is 36.1 Å². The van der Waals surface area contributed by atoms with Gasteiger partial charge in [0, 0.05) is 12.6 Å². The molecule has 2 rings (SSSR count). The van der Waals surface area contributed by atoms with Gasteiger partial charge < -0.3 is 9.64 Å². The third kappa shape index (κ3) is 3.80. The lowest BCUT2D eigenvalue weighted by atomic mass is 10.1. The molecule has 1 unspecified atom stereocenters. The molecule has 0 aromatic heterocycles. The SMILES string of the molecule is COC(=O)C(C)CN(C(=O)c1ccccc1Cl)C1CCCC1. The van der Waals surface area contributed by atoms with Crippen LogP contribution in [0.2, 0.25) is 5.02 Å². The zero-order valence-corrected chi connectivity index (χ0v) is 13.8. The second-order valence-corrected chi connectivity index (χ2v) is 6.21. The summed E-state index contributed by atoms with van der Waals surface area (Å²) in [7, 11) is 1.37. The maximum Gasteiger partial charge on any atom is 0.310 e. The predicted octanol–water partition coefficient (Wildman–Crippen LogP) is 3.53. The number of nitrogens with zero attached hydrogens (tertiary/aromatic N) is 1. The van der Waals surface area contributed by atoms with Gasteiger partial charge >= 0.3 is 5.97 Å². The number of ether oxygens (including phenoxy) is 1. The van der Waals surface area contributed by atoms with Gasteiger partial charge in [0.25, 0.3) is 5.91 Å². The quantitative estimate of drug-likeness (QED) is 0.779. The molecular formula is C17H22ClNO3. The van der Waals surface area contributed by atoms with Crippen LogP contribution in [0.4, 0.5) is 0 Å². The van der Waals surface area contributed by atoms with Gasteiger partial charge in [-0.2, -0.15) is 0 Å². The molecule has 4 nitrogen and oxygen atoms in total. The van der Waals surface area contributed by atoms with E-state index >= 15 is 0 Å². The molecule has 1 aromatic carbocycles. The number of rotatable bonds is 5. The van der Waals surface area contributed by atoms with Gasteiger partial charge in [-0.15, -0.1) is 0 Å². The standard InChI is InChI=1S/C17H22ClNO3/c1-12(17(21)22-2)11-19(13-7-3-4-8-13)16(20)14-9-5-6-10-15(14)18/h5-6,9-10,12-13H,3-4,7-8,11H2,1-2H3. The number of hydrogen-bond acceptors (Lipinski definition) is 3. The molecule has 0 aliphatic heterocycles. The molecule has 0 radical (unpaired) electrons. The van der Waals surface area contributed by atoms with E-state index in [1.807, 2.05) is 0 Å². The van der Waals surface area contributed by atoms with Crippen molar-refractivity contribution in [3.05, 3.63) is 34.9 Å². The fourth-order valence-corrected chi connectivity index (χ4v) is 3.19. The Hall–Kier alpha value is -1.55. The molecular weight excluding hydrogens is 302 g/mol. The smallest absolute Gasteiger partial charge is 0.310 e. The Bertz CT molecular complexity index is 540. The topological polar surface area (TPSA) is 46.6 Å². The molecule has 0 N–H and O–H groups in total. The van der Waals surface area contributed by atoms with Gasteiger partial charge in [0.1, 0.15) is 0 Å². The highest BCUT2D eigenvalue weighted by Gasteiger charge is 2.31. The summed E-state index contributed by atoms with van der Waals surface area (Å²) in [6, 6.07) is 7.22. The zero-order valence-electron chi connectivity index (χ0n) is 13.0. The number of halogens is 1. The summed E-state index contributed by atoms with van der Waals surface area (Å²) in [5.41, 5.74) is 0.494. The lowest BCUT2D eigenvalue weighted by Crippen LogP contribution is -2.43. The first-order valence-corrected chi connectivity index (χ1v) is 8.05. The van der Waals surface area contributed by atoms with E-state index in [0.717, 1.165) is 25.7 Å². The monoisotopic (exact) mass is 323 g/mol. The van der Waals surface area contributed by atoms with E-state index in [-0.39, 0.29) is 23.8 Å². The van der Waals surface area contributed by atoms with Crippen molar-refractivity contribution in [2.24, 2.45) is 5.92 Å². The molecule has 1 aromatic rings. The normalized spacial score (nSPS) is 16.3. The van der Waals surface area contributed by atoms with Crippen molar-refractivity contribution >= 4 is 23.5 Å². The Morgan fingerprint density at radius 2 is 1.95 bits per heavy atom. The second-order valence-electron chi connectivity index (χ2n) is 5.80. The average molecular weight is 324 g/mol. The summed E-state index contributed by atoms with van der Waals surface area (Å²) >= 11 is 6.16. The average Bonchev–Trinajstić information content (AvgIpc) is 3.05. The molecule has 5 heteroatoms. The van der Waals surface area contributed by atoms with Crippen LogP contribution in [0.15, 0.2) is 24.3 Å². The van der Waals surface area contributed by atoms with Gasteiger partial charge in [0.15, 0.2) is 0 Å². The number of carbonyl (C=O) groups is 2. The van der Waals surface area contributed by atoms with E-state index in [1.165, 1.54) is 7.11 Å². The molecule has 1 saturated carbocycles. The van der Waals surface area contributed by atoms with E-state index in [2.05, 4.69) is 0 Å². The minimum absolute atomic E-state index is 0.103. The van der Waals surface area contributed by atoms with Crippen molar-refractivity contribution in [1.29, 1.82) is 0 Å². The van der Waals surface area contributed by atoms with Gasteiger partial charge in [-0.25, -0.2) is 0 Å². The molecule has 120 valence electrons. The van der Waals surface area contributed by atoms with Crippen molar-refractivity contribution in [2.75, 3.05) is 13.7 Å². The number of amides is 1. The Morgan fingerprint density at radius 1 is 1.32 bits per heavy atom. The Morgan fingerprint density at radius 3 is 2.55 bits per heavy atom. The van der Waals surface area contributed by atoms with Crippen molar-refractivity contribution in [3.8, 4) is 0 Å². The zero-order chi connectivity index (χ0) is 16.1. The van der Waals surface area contributed by atoms with Gasteiger partial charge in [0.05, 0.1) is 23.6 Å². The van der Waals surface area contributed by atoms with E-state index < -0.39 is 0 Å². The first kappa shape index (κ1) is 16.8. The minimum atomic E-state index is -0.350. The highest BCUT2D eigenvalue weighted by atomic mass is 35.5. The molecule has 1 aliphatic carbocycles. The third-order valence-corrected chi connectivity index (χ3v) is 4.53.